The SMILES string of the molecule is Cc1cnc(-c2ccc(C(=O)NC3CC3)cc2)nc1NC1CC1. The topological polar surface area (TPSA) is 66.9 Å². The second-order valence-corrected chi connectivity index (χ2v) is 6.47. The third kappa shape index (κ3) is 3.33. The molecule has 1 aromatic heterocycles. The molecule has 2 fully saturated rings. The highest BCUT2D eigenvalue weighted by molar-refractivity contribution is 5.95. The third-order valence-electron chi connectivity index (χ3n) is 4.21. The van der Waals surface area contributed by atoms with Gasteiger partial charge in [0, 0.05) is 35.0 Å². The number of benzene rings is 1. The van der Waals surface area contributed by atoms with E-state index in [9.17, 15) is 4.79 Å². The van der Waals surface area contributed by atoms with Crippen molar-refractivity contribution in [3.63, 3.8) is 0 Å². The van der Waals surface area contributed by atoms with Crippen molar-refractivity contribution in [1.82, 2.24) is 15.3 Å². The summed E-state index contributed by atoms with van der Waals surface area (Å²) in [7, 11) is 0. The molecule has 4 rings (SSSR count). The first kappa shape index (κ1) is 14.2. The lowest BCUT2D eigenvalue weighted by Crippen LogP contribution is -2.25. The van der Waals surface area contributed by atoms with Crippen LogP contribution >= 0.6 is 0 Å². The summed E-state index contributed by atoms with van der Waals surface area (Å²) in [5, 5.41) is 6.43. The van der Waals surface area contributed by atoms with Gasteiger partial charge in [0.2, 0.25) is 0 Å². The molecule has 0 saturated heterocycles. The number of rotatable bonds is 5. The van der Waals surface area contributed by atoms with Crippen LogP contribution in [0.4, 0.5) is 5.82 Å². The van der Waals surface area contributed by atoms with Crippen LogP contribution in [-0.4, -0.2) is 28.0 Å². The summed E-state index contributed by atoms with van der Waals surface area (Å²) >= 11 is 0. The minimum absolute atomic E-state index is 0.0000337. The van der Waals surface area contributed by atoms with Gasteiger partial charge in [-0.15, -0.1) is 0 Å². The molecule has 0 radical (unpaired) electrons. The van der Waals surface area contributed by atoms with Gasteiger partial charge in [-0.1, -0.05) is 12.1 Å². The summed E-state index contributed by atoms with van der Waals surface area (Å²) in [4.78, 5) is 21.1. The largest absolute Gasteiger partial charge is 0.367 e. The van der Waals surface area contributed by atoms with Gasteiger partial charge in [-0.2, -0.15) is 0 Å². The Morgan fingerprint density at radius 2 is 1.78 bits per heavy atom. The van der Waals surface area contributed by atoms with Crippen LogP contribution < -0.4 is 10.6 Å². The Kier molecular flexibility index (Phi) is 3.48. The van der Waals surface area contributed by atoms with Crippen molar-refractivity contribution in [1.29, 1.82) is 0 Å². The summed E-state index contributed by atoms with van der Waals surface area (Å²) in [6.07, 6.45) is 6.46. The molecule has 1 heterocycles. The van der Waals surface area contributed by atoms with Gasteiger partial charge < -0.3 is 10.6 Å². The monoisotopic (exact) mass is 308 g/mol. The van der Waals surface area contributed by atoms with Gasteiger partial charge in [-0.3, -0.25) is 4.79 Å². The molecule has 5 nitrogen and oxygen atoms in total. The van der Waals surface area contributed by atoms with Gasteiger partial charge in [0.15, 0.2) is 5.82 Å². The van der Waals surface area contributed by atoms with E-state index in [0.717, 1.165) is 29.8 Å². The number of nitrogens with zero attached hydrogens (tertiary/aromatic N) is 2. The summed E-state index contributed by atoms with van der Waals surface area (Å²) in [5.74, 6) is 1.60. The predicted octanol–water partition coefficient (Wildman–Crippen LogP) is 2.92. The van der Waals surface area contributed by atoms with E-state index < -0.39 is 0 Å². The number of hydrogen-bond acceptors (Lipinski definition) is 4. The minimum Gasteiger partial charge on any atom is -0.367 e. The molecule has 0 unspecified atom stereocenters. The van der Waals surface area contributed by atoms with E-state index >= 15 is 0 Å². The van der Waals surface area contributed by atoms with Gasteiger partial charge in [0.1, 0.15) is 5.82 Å². The lowest BCUT2D eigenvalue weighted by Gasteiger charge is -2.09. The van der Waals surface area contributed by atoms with E-state index in [0.29, 0.717) is 23.5 Å². The fourth-order valence-electron chi connectivity index (χ4n) is 2.42. The van der Waals surface area contributed by atoms with Crippen molar-refractivity contribution in [2.75, 3.05) is 5.32 Å². The van der Waals surface area contributed by atoms with Crippen molar-refractivity contribution in [2.24, 2.45) is 0 Å². The third-order valence-corrected chi connectivity index (χ3v) is 4.21. The highest BCUT2D eigenvalue weighted by Crippen LogP contribution is 2.26. The molecule has 0 aliphatic heterocycles. The number of hydrogen-bond donors (Lipinski definition) is 2. The Balaban J connectivity index is 1.53. The zero-order valence-electron chi connectivity index (χ0n) is 13.2. The quantitative estimate of drug-likeness (QED) is 0.891. The highest BCUT2D eigenvalue weighted by Gasteiger charge is 2.24. The van der Waals surface area contributed by atoms with Crippen LogP contribution in [0.25, 0.3) is 11.4 Å². The summed E-state index contributed by atoms with van der Waals surface area (Å²) < 4.78 is 0. The molecular formula is C18H20N4O. The second kappa shape index (κ2) is 5.65. The van der Waals surface area contributed by atoms with Gasteiger partial charge in [-0.25, -0.2) is 9.97 Å². The van der Waals surface area contributed by atoms with Gasteiger partial charge in [0.25, 0.3) is 5.91 Å². The van der Waals surface area contributed by atoms with Crippen LogP contribution in [0.1, 0.15) is 41.6 Å². The molecule has 0 spiro atoms. The van der Waals surface area contributed by atoms with E-state index in [1.165, 1.54) is 12.8 Å². The van der Waals surface area contributed by atoms with Crippen LogP contribution in [0, 0.1) is 6.92 Å². The summed E-state index contributed by atoms with van der Waals surface area (Å²) in [6, 6.07) is 8.43. The Hall–Kier alpha value is -2.43. The maximum Gasteiger partial charge on any atom is 0.251 e. The fourth-order valence-corrected chi connectivity index (χ4v) is 2.42. The molecule has 118 valence electrons. The maximum absolute atomic E-state index is 12.0. The van der Waals surface area contributed by atoms with E-state index in [1.807, 2.05) is 37.4 Å². The number of aromatic nitrogens is 2. The average Bonchev–Trinajstić information content (AvgIpc) is 3.46. The van der Waals surface area contributed by atoms with Crippen molar-refractivity contribution in [2.45, 2.75) is 44.7 Å². The first-order chi connectivity index (χ1) is 11.2. The first-order valence-electron chi connectivity index (χ1n) is 8.20. The molecule has 2 saturated carbocycles. The lowest BCUT2D eigenvalue weighted by molar-refractivity contribution is 0.0951. The number of nitrogens with one attached hydrogen (secondary N) is 2. The Bertz CT molecular complexity index is 733. The molecule has 0 atom stereocenters. The van der Waals surface area contributed by atoms with Gasteiger partial charge in [-0.05, 0) is 44.7 Å². The number of carbonyl (C=O) groups is 1. The van der Waals surface area contributed by atoms with Gasteiger partial charge >= 0.3 is 0 Å². The molecule has 2 aromatic rings. The summed E-state index contributed by atoms with van der Waals surface area (Å²) in [5.41, 5.74) is 2.66. The molecule has 5 heteroatoms. The van der Waals surface area contributed by atoms with E-state index in [4.69, 9.17) is 0 Å². The fraction of sp³-hybridized carbons (Fsp3) is 0.389. The Labute approximate surface area is 135 Å². The Morgan fingerprint density at radius 1 is 1.09 bits per heavy atom. The highest BCUT2D eigenvalue weighted by atomic mass is 16.1. The number of anilines is 1. The number of aryl methyl sites for hydroxylation is 1. The summed E-state index contributed by atoms with van der Waals surface area (Å²) in [6.45, 7) is 2.01. The molecular weight excluding hydrogens is 288 g/mol. The number of carbonyl (C=O) groups excluding carboxylic acids is 1. The lowest BCUT2D eigenvalue weighted by atomic mass is 10.1. The molecule has 1 amide bonds. The first-order valence-corrected chi connectivity index (χ1v) is 8.20. The van der Waals surface area contributed by atoms with Crippen LogP contribution in [0.2, 0.25) is 0 Å². The smallest absolute Gasteiger partial charge is 0.251 e. The Morgan fingerprint density at radius 3 is 2.43 bits per heavy atom. The normalized spacial score (nSPS) is 16.9. The van der Waals surface area contributed by atoms with E-state index in [-0.39, 0.29) is 5.91 Å². The van der Waals surface area contributed by atoms with Crippen LogP contribution in [-0.2, 0) is 0 Å². The molecule has 0 bridgehead atoms. The van der Waals surface area contributed by atoms with Crippen molar-refractivity contribution in [3.05, 3.63) is 41.6 Å². The van der Waals surface area contributed by atoms with Crippen LogP contribution in [0.3, 0.4) is 0 Å². The average molecular weight is 308 g/mol. The molecule has 2 N–H and O–H groups in total. The van der Waals surface area contributed by atoms with E-state index in [1.54, 1.807) is 0 Å². The minimum atomic E-state index is -0.0000337. The zero-order chi connectivity index (χ0) is 15.8. The molecule has 2 aliphatic carbocycles. The molecule has 2 aliphatic rings. The zero-order valence-corrected chi connectivity index (χ0v) is 13.2. The maximum atomic E-state index is 12.0. The molecule has 1 aromatic carbocycles. The van der Waals surface area contributed by atoms with Crippen LogP contribution in [0.5, 0.6) is 0 Å². The van der Waals surface area contributed by atoms with Crippen molar-refractivity contribution >= 4 is 11.7 Å². The number of amides is 1. The molecule has 23 heavy (non-hydrogen) atoms. The van der Waals surface area contributed by atoms with Crippen LogP contribution in [0.15, 0.2) is 30.5 Å². The predicted molar refractivity (Wildman–Crippen MR) is 89.3 cm³/mol. The van der Waals surface area contributed by atoms with Crippen molar-refractivity contribution in [3.8, 4) is 11.4 Å². The second-order valence-electron chi connectivity index (χ2n) is 6.47. The van der Waals surface area contributed by atoms with E-state index in [2.05, 4.69) is 20.6 Å². The van der Waals surface area contributed by atoms with Gasteiger partial charge in [0.05, 0.1) is 0 Å². The standard InChI is InChI=1S/C18H20N4O/c1-11-10-19-17(22-16(11)20-14-6-7-14)12-2-4-13(5-3-12)18(23)21-15-8-9-15/h2-5,10,14-15H,6-9H2,1H3,(H,21,23)(H,19,20,22). The van der Waals surface area contributed by atoms with Crippen molar-refractivity contribution < 1.29 is 4.79 Å².